The maximum absolute atomic E-state index is 11.7. The fraction of sp³-hybridized carbons (Fsp3) is 0.500. The summed E-state index contributed by atoms with van der Waals surface area (Å²) in [7, 11) is 1.60. The zero-order chi connectivity index (χ0) is 16.5. The Labute approximate surface area is 143 Å². The van der Waals surface area contributed by atoms with Crippen LogP contribution in [0.15, 0.2) is 24.3 Å². The Kier molecular flexibility index (Phi) is 10.0. The van der Waals surface area contributed by atoms with Crippen molar-refractivity contribution in [1.29, 1.82) is 0 Å². The van der Waals surface area contributed by atoms with Crippen molar-refractivity contribution in [2.24, 2.45) is 11.7 Å². The van der Waals surface area contributed by atoms with Crippen LogP contribution in [0, 0.1) is 5.92 Å². The van der Waals surface area contributed by atoms with Crippen LogP contribution >= 0.6 is 12.4 Å². The molecule has 1 aromatic carbocycles. The molecule has 0 fully saturated rings. The molecular formula is C16H26ClN3O3. The Morgan fingerprint density at radius 3 is 2.30 bits per heavy atom. The molecule has 0 heterocycles. The van der Waals surface area contributed by atoms with E-state index in [1.54, 1.807) is 7.11 Å². The number of nitrogens with two attached hydrogens (primary N) is 1. The number of nitrogens with one attached hydrogen (secondary N) is 2. The minimum atomic E-state index is -0.575. The first-order valence-electron chi connectivity index (χ1n) is 7.35. The summed E-state index contributed by atoms with van der Waals surface area (Å²) in [6, 6.07) is 6.82. The van der Waals surface area contributed by atoms with Gasteiger partial charge in [-0.05, 0) is 30.0 Å². The van der Waals surface area contributed by atoms with E-state index in [9.17, 15) is 9.59 Å². The highest BCUT2D eigenvalue weighted by Crippen LogP contribution is 2.10. The molecule has 1 aromatic rings. The van der Waals surface area contributed by atoms with Gasteiger partial charge in [0.2, 0.25) is 11.8 Å². The van der Waals surface area contributed by atoms with Gasteiger partial charge in [0.15, 0.2) is 0 Å². The molecule has 0 unspecified atom stereocenters. The number of carbonyl (C=O) groups is 2. The van der Waals surface area contributed by atoms with Crippen molar-refractivity contribution in [3.05, 3.63) is 29.8 Å². The number of hydrogen-bond acceptors (Lipinski definition) is 4. The molecule has 6 nitrogen and oxygen atoms in total. The summed E-state index contributed by atoms with van der Waals surface area (Å²) >= 11 is 0. The maximum Gasteiger partial charge on any atom is 0.239 e. The summed E-state index contributed by atoms with van der Waals surface area (Å²) < 4.78 is 5.06. The van der Waals surface area contributed by atoms with E-state index >= 15 is 0 Å². The van der Waals surface area contributed by atoms with E-state index in [1.807, 2.05) is 38.1 Å². The van der Waals surface area contributed by atoms with Crippen molar-refractivity contribution >= 4 is 24.2 Å². The van der Waals surface area contributed by atoms with Crippen LogP contribution in [0.1, 0.15) is 25.8 Å². The lowest BCUT2D eigenvalue weighted by atomic mass is 10.0. The molecule has 0 spiro atoms. The minimum Gasteiger partial charge on any atom is -0.497 e. The lowest BCUT2D eigenvalue weighted by molar-refractivity contribution is -0.127. The van der Waals surface area contributed by atoms with E-state index < -0.39 is 6.04 Å². The first kappa shape index (κ1) is 21.2. The highest BCUT2D eigenvalue weighted by atomic mass is 35.5. The zero-order valence-corrected chi connectivity index (χ0v) is 14.6. The second-order valence-electron chi connectivity index (χ2n) is 5.58. The molecule has 0 radical (unpaired) electrons. The summed E-state index contributed by atoms with van der Waals surface area (Å²) in [6.07, 6.45) is 0.597. The summed E-state index contributed by atoms with van der Waals surface area (Å²) in [4.78, 5) is 23.4. The average molecular weight is 344 g/mol. The number of benzene rings is 1. The first-order valence-corrected chi connectivity index (χ1v) is 7.35. The number of carbonyl (C=O) groups excluding carboxylic acids is 2. The van der Waals surface area contributed by atoms with E-state index in [4.69, 9.17) is 10.5 Å². The van der Waals surface area contributed by atoms with Crippen LogP contribution in [-0.2, 0) is 16.1 Å². The molecule has 0 saturated heterocycles. The molecule has 4 N–H and O–H groups in total. The molecule has 7 heteroatoms. The number of ether oxygens (including phenoxy) is 1. The molecule has 2 amide bonds. The lowest BCUT2D eigenvalue weighted by Crippen LogP contribution is -2.45. The van der Waals surface area contributed by atoms with Crippen molar-refractivity contribution in [2.45, 2.75) is 32.9 Å². The minimum absolute atomic E-state index is 0. The van der Waals surface area contributed by atoms with E-state index in [2.05, 4.69) is 10.6 Å². The quantitative estimate of drug-likeness (QED) is 0.661. The highest BCUT2D eigenvalue weighted by Gasteiger charge is 2.15. The number of methoxy groups -OCH3 is 1. The molecule has 0 aliphatic rings. The van der Waals surface area contributed by atoms with Crippen LogP contribution in [0.3, 0.4) is 0 Å². The van der Waals surface area contributed by atoms with Gasteiger partial charge in [0, 0.05) is 6.54 Å². The van der Waals surface area contributed by atoms with Crippen molar-refractivity contribution < 1.29 is 14.3 Å². The molecule has 0 bridgehead atoms. The van der Waals surface area contributed by atoms with Crippen LogP contribution in [-0.4, -0.2) is 31.5 Å². The van der Waals surface area contributed by atoms with Crippen LogP contribution in [0.4, 0.5) is 0 Å². The van der Waals surface area contributed by atoms with Crippen LogP contribution < -0.4 is 21.1 Å². The summed E-state index contributed by atoms with van der Waals surface area (Å²) in [5.41, 5.74) is 6.70. The molecule has 23 heavy (non-hydrogen) atoms. The van der Waals surface area contributed by atoms with Crippen LogP contribution in [0.5, 0.6) is 5.75 Å². The summed E-state index contributed by atoms with van der Waals surface area (Å²) in [5, 5.41) is 5.28. The number of halogens is 1. The normalized spacial score (nSPS) is 11.3. The second kappa shape index (κ2) is 10.9. The van der Waals surface area contributed by atoms with E-state index in [-0.39, 0.29) is 30.8 Å². The summed E-state index contributed by atoms with van der Waals surface area (Å²) in [5.74, 6) is 0.556. The fourth-order valence-corrected chi connectivity index (χ4v) is 1.92. The molecule has 1 rings (SSSR count). The Bertz CT molecular complexity index is 492. The van der Waals surface area contributed by atoms with Crippen molar-refractivity contribution in [2.75, 3.05) is 13.7 Å². The third-order valence-corrected chi connectivity index (χ3v) is 3.13. The van der Waals surface area contributed by atoms with Crippen molar-refractivity contribution in [3.63, 3.8) is 0 Å². The predicted molar refractivity (Wildman–Crippen MR) is 92.5 cm³/mol. The van der Waals surface area contributed by atoms with Crippen LogP contribution in [0.2, 0.25) is 0 Å². The van der Waals surface area contributed by atoms with E-state index in [0.717, 1.165) is 11.3 Å². The molecule has 0 aromatic heterocycles. The van der Waals surface area contributed by atoms with Gasteiger partial charge in [-0.3, -0.25) is 9.59 Å². The van der Waals surface area contributed by atoms with Crippen molar-refractivity contribution in [3.8, 4) is 5.75 Å². The van der Waals surface area contributed by atoms with E-state index in [1.165, 1.54) is 0 Å². The van der Waals surface area contributed by atoms with Crippen LogP contribution in [0.25, 0.3) is 0 Å². The zero-order valence-electron chi connectivity index (χ0n) is 13.8. The second-order valence-corrected chi connectivity index (χ2v) is 5.58. The van der Waals surface area contributed by atoms with Gasteiger partial charge < -0.3 is 21.1 Å². The molecule has 0 aliphatic heterocycles. The van der Waals surface area contributed by atoms with Gasteiger partial charge >= 0.3 is 0 Å². The van der Waals surface area contributed by atoms with Gasteiger partial charge in [-0.15, -0.1) is 12.4 Å². The smallest absolute Gasteiger partial charge is 0.239 e. The van der Waals surface area contributed by atoms with Gasteiger partial charge in [-0.1, -0.05) is 26.0 Å². The van der Waals surface area contributed by atoms with Gasteiger partial charge in [0.1, 0.15) is 5.75 Å². The Balaban J connectivity index is 0.00000484. The Morgan fingerprint density at radius 1 is 1.17 bits per heavy atom. The number of hydrogen-bond donors (Lipinski definition) is 3. The third-order valence-electron chi connectivity index (χ3n) is 3.13. The predicted octanol–water partition coefficient (Wildman–Crippen LogP) is 1.22. The van der Waals surface area contributed by atoms with E-state index in [0.29, 0.717) is 18.9 Å². The van der Waals surface area contributed by atoms with Gasteiger partial charge in [-0.2, -0.15) is 0 Å². The topological polar surface area (TPSA) is 93.5 Å². The maximum atomic E-state index is 11.7. The largest absolute Gasteiger partial charge is 0.497 e. The number of amides is 2. The number of rotatable bonds is 8. The molecule has 130 valence electrons. The average Bonchev–Trinajstić information content (AvgIpc) is 2.50. The fourth-order valence-electron chi connectivity index (χ4n) is 1.92. The SMILES string of the molecule is COc1ccc(CNC(=O)CNC(=O)[C@@H](N)CC(C)C)cc1.Cl. The standard InChI is InChI=1S/C16H25N3O3.ClH/c1-11(2)8-14(17)16(21)19-10-15(20)18-9-12-4-6-13(22-3)7-5-12;/h4-7,11,14H,8-10,17H2,1-3H3,(H,18,20)(H,19,21);1H/t14-;/m0./s1. The third kappa shape index (κ3) is 8.42. The first-order chi connectivity index (χ1) is 10.4. The monoisotopic (exact) mass is 343 g/mol. The van der Waals surface area contributed by atoms with Gasteiger partial charge in [-0.25, -0.2) is 0 Å². The molecule has 0 saturated carbocycles. The lowest BCUT2D eigenvalue weighted by Gasteiger charge is -2.14. The Morgan fingerprint density at radius 2 is 1.78 bits per heavy atom. The molecular weight excluding hydrogens is 318 g/mol. The van der Waals surface area contributed by atoms with Gasteiger partial charge in [0.05, 0.1) is 19.7 Å². The molecule has 0 aliphatic carbocycles. The highest BCUT2D eigenvalue weighted by molar-refractivity contribution is 5.87. The Hall–Kier alpha value is -1.79. The molecule has 1 atom stereocenters. The summed E-state index contributed by atoms with van der Waals surface area (Å²) in [6.45, 7) is 4.32. The van der Waals surface area contributed by atoms with Crippen molar-refractivity contribution in [1.82, 2.24) is 10.6 Å². The van der Waals surface area contributed by atoms with Gasteiger partial charge in [0.25, 0.3) is 0 Å².